The van der Waals surface area contributed by atoms with Crippen LogP contribution in [0.25, 0.3) is 0 Å². The van der Waals surface area contributed by atoms with Crippen molar-refractivity contribution in [3.8, 4) is 11.5 Å². The molecular weight excluding hydrogens is 360 g/mol. The number of likely N-dealkylation sites (N-methyl/N-ethyl adjacent to an activating group) is 1. The standard InChI is InChI=1S/C21H28N2O5/c1-12-18(21(25)28-7)13(2)22-19(12)20(24)14(3)23(4)11-15-8-9-16(26-5)17(10-15)27-6/h8-10,14,22H,11H2,1-7H3/t14-/m0/s1. The molecule has 0 spiro atoms. The number of hydrogen-bond acceptors (Lipinski definition) is 6. The molecule has 7 nitrogen and oxygen atoms in total. The Morgan fingerprint density at radius 3 is 2.32 bits per heavy atom. The number of benzene rings is 1. The van der Waals surface area contributed by atoms with Crippen LogP contribution in [0.4, 0.5) is 0 Å². The minimum absolute atomic E-state index is 0.0845. The minimum Gasteiger partial charge on any atom is -0.493 e. The topological polar surface area (TPSA) is 80.9 Å². The number of aromatic amines is 1. The number of nitrogens with zero attached hydrogens (tertiary/aromatic N) is 1. The van der Waals surface area contributed by atoms with E-state index in [9.17, 15) is 9.59 Å². The molecule has 7 heteroatoms. The van der Waals surface area contributed by atoms with Gasteiger partial charge in [-0.15, -0.1) is 0 Å². The second kappa shape index (κ2) is 8.93. The Balaban J connectivity index is 2.20. The third-order valence-electron chi connectivity index (χ3n) is 4.99. The van der Waals surface area contributed by atoms with Crippen LogP contribution >= 0.6 is 0 Å². The summed E-state index contributed by atoms with van der Waals surface area (Å²) in [4.78, 5) is 30.0. The first kappa shape index (κ1) is 21.5. The van der Waals surface area contributed by atoms with Crippen molar-refractivity contribution < 1.29 is 23.8 Å². The highest BCUT2D eigenvalue weighted by Crippen LogP contribution is 2.28. The van der Waals surface area contributed by atoms with Crippen LogP contribution in [-0.2, 0) is 11.3 Å². The summed E-state index contributed by atoms with van der Waals surface area (Å²) < 4.78 is 15.4. The zero-order chi connectivity index (χ0) is 21.0. The quantitative estimate of drug-likeness (QED) is 0.553. The number of hydrogen-bond donors (Lipinski definition) is 1. The van der Waals surface area contributed by atoms with Gasteiger partial charge in [-0.1, -0.05) is 6.07 Å². The fraction of sp³-hybridized carbons (Fsp3) is 0.429. The maximum Gasteiger partial charge on any atom is 0.339 e. The largest absolute Gasteiger partial charge is 0.493 e. The molecule has 0 aliphatic carbocycles. The third-order valence-corrected chi connectivity index (χ3v) is 4.99. The molecule has 28 heavy (non-hydrogen) atoms. The molecule has 0 amide bonds. The lowest BCUT2D eigenvalue weighted by molar-refractivity contribution is 0.0599. The first-order chi connectivity index (χ1) is 13.2. The Bertz CT molecular complexity index is 872. The van der Waals surface area contributed by atoms with E-state index in [-0.39, 0.29) is 5.78 Å². The number of ketones is 1. The first-order valence-corrected chi connectivity index (χ1v) is 8.97. The Morgan fingerprint density at radius 1 is 1.11 bits per heavy atom. The summed E-state index contributed by atoms with van der Waals surface area (Å²) in [6, 6.07) is 5.28. The van der Waals surface area contributed by atoms with E-state index in [4.69, 9.17) is 14.2 Å². The second-order valence-electron chi connectivity index (χ2n) is 6.76. The summed E-state index contributed by atoms with van der Waals surface area (Å²) in [5.74, 6) is 0.771. The van der Waals surface area contributed by atoms with Crippen LogP contribution in [0.3, 0.4) is 0 Å². The highest BCUT2D eigenvalue weighted by atomic mass is 16.5. The third kappa shape index (κ3) is 4.20. The SMILES string of the molecule is COC(=O)c1c(C)[nH]c(C(=O)[C@H](C)N(C)Cc2ccc(OC)c(OC)c2)c1C. The van der Waals surface area contributed by atoms with Gasteiger partial charge in [0.05, 0.1) is 38.6 Å². The second-order valence-corrected chi connectivity index (χ2v) is 6.76. The van der Waals surface area contributed by atoms with Crippen molar-refractivity contribution in [2.24, 2.45) is 0 Å². The maximum absolute atomic E-state index is 13.0. The van der Waals surface area contributed by atoms with Crippen molar-refractivity contribution in [2.45, 2.75) is 33.4 Å². The summed E-state index contributed by atoms with van der Waals surface area (Å²) in [7, 11) is 6.39. The fourth-order valence-corrected chi connectivity index (χ4v) is 3.22. The van der Waals surface area contributed by atoms with Crippen LogP contribution in [0.15, 0.2) is 18.2 Å². The van der Waals surface area contributed by atoms with Gasteiger partial charge in [0.25, 0.3) is 0 Å². The summed E-state index contributed by atoms with van der Waals surface area (Å²) in [5.41, 5.74) is 3.09. The number of Topliss-reactive ketones (excluding diaryl/α,β-unsaturated/α-hetero) is 1. The molecule has 0 saturated heterocycles. The number of aromatic nitrogens is 1. The van der Waals surface area contributed by atoms with Gasteiger partial charge in [0.1, 0.15) is 0 Å². The number of esters is 1. The van der Waals surface area contributed by atoms with E-state index in [1.54, 1.807) is 28.1 Å². The molecule has 0 aliphatic heterocycles. The van der Waals surface area contributed by atoms with Gasteiger partial charge in [0.15, 0.2) is 17.3 Å². The van der Waals surface area contributed by atoms with Crippen molar-refractivity contribution in [3.63, 3.8) is 0 Å². The molecule has 2 rings (SSSR count). The Kier molecular flexibility index (Phi) is 6.85. The lowest BCUT2D eigenvalue weighted by Gasteiger charge is -2.24. The number of carbonyl (C=O) groups excluding carboxylic acids is 2. The average molecular weight is 388 g/mol. The van der Waals surface area contributed by atoms with E-state index in [0.29, 0.717) is 40.6 Å². The number of ether oxygens (including phenoxy) is 3. The van der Waals surface area contributed by atoms with Gasteiger partial charge in [-0.3, -0.25) is 9.69 Å². The molecule has 152 valence electrons. The van der Waals surface area contributed by atoms with Crippen LogP contribution in [0, 0.1) is 13.8 Å². The molecule has 0 fully saturated rings. The molecule has 1 aromatic heterocycles. The lowest BCUT2D eigenvalue weighted by atomic mass is 10.0. The molecule has 1 atom stereocenters. The molecule has 0 aliphatic rings. The Labute approximate surface area is 165 Å². The van der Waals surface area contributed by atoms with Crippen molar-refractivity contribution in [1.29, 1.82) is 0 Å². The van der Waals surface area contributed by atoms with E-state index in [2.05, 4.69) is 4.98 Å². The molecule has 0 unspecified atom stereocenters. The molecule has 1 aromatic carbocycles. The number of rotatable bonds is 8. The van der Waals surface area contributed by atoms with Crippen molar-refractivity contribution in [3.05, 3.63) is 46.3 Å². The van der Waals surface area contributed by atoms with Gasteiger partial charge in [0, 0.05) is 12.2 Å². The number of aryl methyl sites for hydroxylation is 1. The van der Waals surface area contributed by atoms with Crippen LogP contribution in [0.5, 0.6) is 11.5 Å². The van der Waals surface area contributed by atoms with E-state index in [0.717, 1.165) is 5.56 Å². The zero-order valence-electron chi connectivity index (χ0n) is 17.5. The van der Waals surface area contributed by atoms with Crippen molar-refractivity contribution >= 4 is 11.8 Å². The molecule has 1 heterocycles. The van der Waals surface area contributed by atoms with Crippen LogP contribution in [0.1, 0.15) is 44.6 Å². The average Bonchev–Trinajstić information content (AvgIpc) is 2.99. The monoisotopic (exact) mass is 388 g/mol. The minimum atomic E-state index is -0.448. The molecule has 0 saturated carbocycles. The summed E-state index contributed by atoms with van der Waals surface area (Å²) in [6.45, 7) is 5.91. The normalized spacial score (nSPS) is 12.0. The summed E-state index contributed by atoms with van der Waals surface area (Å²) >= 11 is 0. The molecule has 2 aromatic rings. The van der Waals surface area contributed by atoms with Gasteiger partial charge in [-0.25, -0.2) is 4.79 Å². The van der Waals surface area contributed by atoms with Crippen LogP contribution < -0.4 is 9.47 Å². The highest BCUT2D eigenvalue weighted by Gasteiger charge is 2.27. The number of methoxy groups -OCH3 is 3. The van der Waals surface area contributed by atoms with Gasteiger partial charge in [-0.2, -0.15) is 0 Å². The van der Waals surface area contributed by atoms with E-state index in [1.165, 1.54) is 7.11 Å². The Hall–Kier alpha value is -2.80. The highest BCUT2D eigenvalue weighted by molar-refractivity contribution is 6.03. The predicted molar refractivity (Wildman–Crippen MR) is 106 cm³/mol. The zero-order valence-corrected chi connectivity index (χ0v) is 17.5. The number of H-pyrrole nitrogens is 1. The van der Waals surface area contributed by atoms with Gasteiger partial charge < -0.3 is 19.2 Å². The lowest BCUT2D eigenvalue weighted by Crippen LogP contribution is -2.36. The Morgan fingerprint density at radius 2 is 1.75 bits per heavy atom. The number of carbonyl (C=O) groups is 2. The molecular formula is C21H28N2O5. The maximum atomic E-state index is 13.0. The van der Waals surface area contributed by atoms with E-state index < -0.39 is 12.0 Å². The fourth-order valence-electron chi connectivity index (χ4n) is 3.22. The molecule has 0 bridgehead atoms. The van der Waals surface area contributed by atoms with Gasteiger partial charge in [0.2, 0.25) is 0 Å². The van der Waals surface area contributed by atoms with E-state index >= 15 is 0 Å². The van der Waals surface area contributed by atoms with Crippen molar-refractivity contribution in [2.75, 3.05) is 28.4 Å². The van der Waals surface area contributed by atoms with E-state index in [1.807, 2.05) is 37.1 Å². The van der Waals surface area contributed by atoms with Gasteiger partial charge >= 0.3 is 5.97 Å². The number of nitrogens with one attached hydrogen (secondary N) is 1. The first-order valence-electron chi connectivity index (χ1n) is 8.97. The van der Waals surface area contributed by atoms with Crippen LogP contribution in [-0.4, -0.2) is 56.1 Å². The van der Waals surface area contributed by atoms with Gasteiger partial charge in [-0.05, 0) is 51.1 Å². The summed E-state index contributed by atoms with van der Waals surface area (Å²) in [5, 5.41) is 0. The molecule has 1 N–H and O–H groups in total. The van der Waals surface area contributed by atoms with Crippen LogP contribution in [0.2, 0.25) is 0 Å². The molecule has 0 radical (unpaired) electrons. The van der Waals surface area contributed by atoms with Crippen molar-refractivity contribution in [1.82, 2.24) is 9.88 Å². The predicted octanol–water partition coefficient (Wildman–Crippen LogP) is 3.14. The summed E-state index contributed by atoms with van der Waals surface area (Å²) in [6.07, 6.45) is 0. The smallest absolute Gasteiger partial charge is 0.339 e.